The van der Waals surface area contributed by atoms with E-state index in [2.05, 4.69) is 32.7 Å². The van der Waals surface area contributed by atoms with Gasteiger partial charge in [-0.2, -0.15) is 5.10 Å². The third-order valence-electron chi connectivity index (χ3n) is 2.75. The summed E-state index contributed by atoms with van der Waals surface area (Å²) >= 11 is 2.25. The van der Waals surface area contributed by atoms with Gasteiger partial charge in [0.1, 0.15) is 5.52 Å². The number of benzene rings is 1. The fraction of sp³-hybridized carbons (Fsp3) is 0.0769. The van der Waals surface area contributed by atoms with Crippen molar-refractivity contribution >= 4 is 28.1 Å². The van der Waals surface area contributed by atoms with Crippen molar-refractivity contribution in [1.29, 1.82) is 0 Å². The molecule has 0 unspecified atom stereocenters. The van der Waals surface area contributed by atoms with Crippen LogP contribution in [0.3, 0.4) is 0 Å². The van der Waals surface area contributed by atoms with Gasteiger partial charge in [-0.25, -0.2) is 4.52 Å². The monoisotopic (exact) mass is 351 g/mol. The number of aryl methyl sites for hydroxylation is 1. The molecule has 2 heterocycles. The van der Waals surface area contributed by atoms with E-state index in [0.29, 0.717) is 5.52 Å². The largest absolute Gasteiger partial charge is 0.319 e. The van der Waals surface area contributed by atoms with E-state index in [-0.39, 0.29) is 5.56 Å². The Morgan fingerprint density at radius 3 is 2.72 bits per heavy atom. The molecular weight excluding hydrogens is 341 g/mol. The lowest BCUT2D eigenvalue weighted by atomic mass is 10.2. The summed E-state index contributed by atoms with van der Waals surface area (Å²) in [5.41, 5.74) is 3.03. The molecule has 1 aromatic carbocycles. The lowest BCUT2D eigenvalue weighted by Gasteiger charge is -2.02. The number of rotatable bonds is 1. The van der Waals surface area contributed by atoms with Crippen LogP contribution in [-0.2, 0) is 0 Å². The van der Waals surface area contributed by atoms with Crippen LogP contribution in [0.25, 0.3) is 16.8 Å². The number of aromatic amines is 1. The van der Waals surface area contributed by atoms with Crippen molar-refractivity contribution in [3.8, 4) is 11.3 Å². The highest BCUT2D eigenvalue weighted by atomic mass is 127. The summed E-state index contributed by atoms with van der Waals surface area (Å²) in [6.07, 6.45) is 1.84. The first-order chi connectivity index (χ1) is 8.63. The standard InChI is InChI=1S/C13H10IN3O/c1-8-6-12-13(18)15-11(7-17(12)16-8)9-2-4-10(14)5-3-9/h2-7H,1H3,(H,15,18). The summed E-state index contributed by atoms with van der Waals surface area (Å²) in [4.78, 5) is 14.8. The van der Waals surface area contributed by atoms with Gasteiger partial charge in [0.05, 0.1) is 17.6 Å². The van der Waals surface area contributed by atoms with Crippen LogP contribution >= 0.6 is 22.6 Å². The SMILES string of the molecule is Cc1cc2c(=O)[nH]c(-c3ccc(I)cc3)cn2n1. The summed E-state index contributed by atoms with van der Waals surface area (Å²) in [7, 11) is 0. The van der Waals surface area contributed by atoms with Gasteiger partial charge in [-0.15, -0.1) is 0 Å². The molecule has 18 heavy (non-hydrogen) atoms. The van der Waals surface area contributed by atoms with E-state index in [1.54, 1.807) is 10.6 Å². The average molecular weight is 351 g/mol. The van der Waals surface area contributed by atoms with Crippen LogP contribution in [-0.4, -0.2) is 14.6 Å². The first-order valence-electron chi connectivity index (χ1n) is 5.49. The molecule has 0 aliphatic rings. The molecule has 0 amide bonds. The molecule has 5 heteroatoms. The van der Waals surface area contributed by atoms with Crippen LogP contribution < -0.4 is 5.56 Å². The molecule has 3 aromatic rings. The lowest BCUT2D eigenvalue weighted by molar-refractivity contribution is 0.917. The molecule has 0 radical (unpaired) electrons. The van der Waals surface area contributed by atoms with Gasteiger partial charge in [0, 0.05) is 3.57 Å². The fourth-order valence-electron chi connectivity index (χ4n) is 1.90. The van der Waals surface area contributed by atoms with Crippen LogP contribution in [0.5, 0.6) is 0 Å². The number of nitrogens with zero attached hydrogens (tertiary/aromatic N) is 2. The minimum atomic E-state index is -0.119. The van der Waals surface area contributed by atoms with Crippen LogP contribution in [0, 0.1) is 10.5 Å². The number of halogens is 1. The Morgan fingerprint density at radius 2 is 2.00 bits per heavy atom. The molecule has 0 aliphatic carbocycles. The first-order valence-corrected chi connectivity index (χ1v) is 6.56. The molecule has 1 N–H and O–H groups in total. The second kappa shape index (κ2) is 4.24. The molecule has 0 fully saturated rings. The topological polar surface area (TPSA) is 50.2 Å². The average Bonchev–Trinajstić information content (AvgIpc) is 2.71. The van der Waals surface area contributed by atoms with E-state index in [0.717, 1.165) is 20.5 Å². The van der Waals surface area contributed by atoms with E-state index in [4.69, 9.17) is 0 Å². The van der Waals surface area contributed by atoms with E-state index in [1.807, 2.05) is 37.4 Å². The third-order valence-corrected chi connectivity index (χ3v) is 3.46. The Hall–Kier alpha value is -1.63. The molecular formula is C13H10IN3O. The normalized spacial score (nSPS) is 11.0. The molecule has 4 nitrogen and oxygen atoms in total. The third kappa shape index (κ3) is 1.94. The summed E-state index contributed by atoms with van der Waals surface area (Å²) in [6.45, 7) is 1.87. The highest BCUT2D eigenvalue weighted by Gasteiger charge is 2.06. The number of hydrogen-bond acceptors (Lipinski definition) is 2. The molecule has 0 spiro atoms. The number of fused-ring (bicyclic) bond motifs is 1. The van der Waals surface area contributed by atoms with Crippen molar-refractivity contribution in [2.24, 2.45) is 0 Å². The second-order valence-electron chi connectivity index (χ2n) is 4.12. The zero-order valence-electron chi connectivity index (χ0n) is 9.64. The van der Waals surface area contributed by atoms with Crippen LogP contribution in [0.1, 0.15) is 5.69 Å². The molecule has 0 saturated heterocycles. The predicted octanol–water partition coefficient (Wildman–Crippen LogP) is 2.60. The zero-order valence-corrected chi connectivity index (χ0v) is 11.8. The molecule has 90 valence electrons. The van der Waals surface area contributed by atoms with Gasteiger partial charge in [-0.3, -0.25) is 4.79 Å². The molecule has 0 saturated carbocycles. The molecule has 2 aromatic heterocycles. The van der Waals surface area contributed by atoms with Crippen molar-refractivity contribution in [2.75, 3.05) is 0 Å². The van der Waals surface area contributed by atoms with Gasteiger partial charge in [0.25, 0.3) is 5.56 Å². The van der Waals surface area contributed by atoms with Gasteiger partial charge in [0.15, 0.2) is 0 Å². The number of H-pyrrole nitrogens is 1. The lowest BCUT2D eigenvalue weighted by Crippen LogP contribution is -2.10. The van der Waals surface area contributed by atoms with Gasteiger partial charge in [0.2, 0.25) is 0 Å². The zero-order chi connectivity index (χ0) is 12.7. The van der Waals surface area contributed by atoms with Crippen LogP contribution in [0.4, 0.5) is 0 Å². The Labute approximate surface area is 117 Å². The van der Waals surface area contributed by atoms with Gasteiger partial charge in [-0.1, -0.05) is 12.1 Å². The predicted molar refractivity (Wildman–Crippen MR) is 78.7 cm³/mol. The van der Waals surface area contributed by atoms with Crippen molar-refractivity contribution < 1.29 is 0 Å². The van der Waals surface area contributed by atoms with Crippen molar-refractivity contribution in [1.82, 2.24) is 14.6 Å². The number of aromatic nitrogens is 3. The molecule has 3 rings (SSSR count). The first kappa shape index (κ1) is 11.5. The Morgan fingerprint density at radius 1 is 1.28 bits per heavy atom. The van der Waals surface area contributed by atoms with Crippen LogP contribution in [0.15, 0.2) is 41.3 Å². The highest BCUT2D eigenvalue weighted by Crippen LogP contribution is 2.17. The van der Waals surface area contributed by atoms with Crippen molar-refractivity contribution in [3.63, 3.8) is 0 Å². The fourth-order valence-corrected chi connectivity index (χ4v) is 2.26. The van der Waals surface area contributed by atoms with E-state index in [9.17, 15) is 4.79 Å². The molecule has 0 bridgehead atoms. The summed E-state index contributed by atoms with van der Waals surface area (Å²) in [6, 6.07) is 9.75. The van der Waals surface area contributed by atoms with Gasteiger partial charge >= 0.3 is 0 Å². The summed E-state index contributed by atoms with van der Waals surface area (Å²) in [5, 5.41) is 4.27. The minimum absolute atomic E-state index is 0.119. The van der Waals surface area contributed by atoms with E-state index in [1.165, 1.54) is 0 Å². The van der Waals surface area contributed by atoms with E-state index < -0.39 is 0 Å². The maximum absolute atomic E-state index is 11.9. The smallest absolute Gasteiger partial charge is 0.274 e. The van der Waals surface area contributed by atoms with Crippen molar-refractivity contribution in [3.05, 3.63) is 56.1 Å². The Kier molecular flexibility index (Phi) is 2.70. The minimum Gasteiger partial charge on any atom is -0.319 e. The number of hydrogen-bond donors (Lipinski definition) is 1. The second-order valence-corrected chi connectivity index (χ2v) is 5.36. The van der Waals surface area contributed by atoms with Gasteiger partial charge in [-0.05, 0) is 53.3 Å². The quantitative estimate of drug-likeness (QED) is 0.686. The highest BCUT2D eigenvalue weighted by molar-refractivity contribution is 14.1. The maximum Gasteiger partial charge on any atom is 0.274 e. The molecule has 0 aliphatic heterocycles. The summed E-state index contributed by atoms with van der Waals surface area (Å²) in [5.74, 6) is 0. The Bertz CT molecular complexity index is 771. The van der Waals surface area contributed by atoms with Crippen LogP contribution in [0.2, 0.25) is 0 Å². The number of nitrogens with one attached hydrogen (secondary N) is 1. The molecule has 0 atom stereocenters. The maximum atomic E-state index is 11.9. The van der Waals surface area contributed by atoms with Gasteiger partial charge < -0.3 is 4.98 Å². The van der Waals surface area contributed by atoms with E-state index >= 15 is 0 Å². The Balaban J connectivity index is 2.24. The summed E-state index contributed by atoms with van der Waals surface area (Å²) < 4.78 is 2.79. The van der Waals surface area contributed by atoms with Crippen molar-refractivity contribution in [2.45, 2.75) is 6.92 Å².